The molecule has 2 atom stereocenters. The minimum absolute atomic E-state index is 0.164. The highest BCUT2D eigenvalue weighted by molar-refractivity contribution is 5.79. The number of hydrogen-bond donors (Lipinski definition) is 1. The molecule has 3 rings (SSSR count). The van der Waals surface area contributed by atoms with Gasteiger partial charge in [-0.15, -0.1) is 0 Å². The molecule has 0 unspecified atom stereocenters. The molecule has 1 amide bonds. The zero-order chi connectivity index (χ0) is 18.0. The Morgan fingerprint density at radius 3 is 2.56 bits per heavy atom. The summed E-state index contributed by atoms with van der Waals surface area (Å²) in [7, 11) is 1.57. The van der Waals surface area contributed by atoms with Crippen molar-refractivity contribution in [3.05, 3.63) is 65.2 Å². The van der Waals surface area contributed by atoms with Gasteiger partial charge in [-0.1, -0.05) is 18.2 Å². The minimum atomic E-state index is -0.957. The zero-order valence-electron chi connectivity index (χ0n) is 13.8. The molecular formula is C19H19F2NO3. The summed E-state index contributed by atoms with van der Waals surface area (Å²) in [4.78, 5) is 14.2. The van der Waals surface area contributed by atoms with Gasteiger partial charge in [0.05, 0.1) is 25.7 Å². The first-order valence-corrected chi connectivity index (χ1v) is 8.03. The Bertz CT molecular complexity index is 764. The molecule has 2 aromatic carbocycles. The second kappa shape index (κ2) is 7.19. The third-order valence-electron chi connectivity index (χ3n) is 4.44. The van der Waals surface area contributed by atoms with E-state index in [1.54, 1.807) is 31.4 Å². The summed E-state index contributed by atoms with van der Waals surface area (Å²) in [6.07, 6.45) is -0.214. The average Bonchev–Trinajstić information content (AvgIpc) is 3.00. The Kier molecular flexibility index (Phi) is 4.99. The van der Waals surface area contributed by atoms with Crippen LogP contribution in [0.15, 0.2) is 42.5 Å². The lowest BCUT2D eigenvalue weighted by Gasteiger charge is -2.25. The van der Waals surface area contributed by atoms with Crippen molar-refractivity contribution in [1.29, 1.82) is 0 Å². The van der Waals surface area contributed by atoms with Crippen molar-refractivity contribution < 1.29 is 23.4 Å². The van der Waals surface area contributed by atoms with Crippen LogP contribution in [0.1, 0.15) is 23.6 Å². The Morgan fingerprint density at radius 1 is 1.20 bits per heavy atom. The number of carbonyl (C=O) groups is 1. The molecule has 1 fully saturated rings. The Hall–Kier alpha value is -2.47. The maximum Gasteiger partial charge on any atom is 0.227 e. The van der Waals surface area contributed by atoms with E-state index in [0.29, 0.717) is 17.7 Å². The molecule has 1 aliphatic rings. The van der Waals surface area contributed by atoms with E-state index in [1.807, 2.05) is 0 Å². The number of ether oxygens (including phenoxy) is 1. The first-order valence-electron chi connectivity index (χ1n) is 8.03. The van der Waals surface area contributed by atoms with Crippen LogP contribution in [0.4, 0.5) is 8.78 Å². The molecule has 25 heavy (non-hydrogen) atoms. The maximum absolute atomic E-state index is 13.5. The summed E-state index contributed by atoms with van der Waals surface area (Å²) in [6, 6.07) is 10.3. The molecule has 0 radical (unpaired) electrons. The molecule has 0 saturated carbocycles. The van der Waals surface area contributed by atoms with Crippen LogP contribution in [-0.2, 0) is 11.2 Å². The standard InChI is InChI=1S/C19H19F2NO3/c1-25-15-5-2-12(3-6-15)8-19(24)22-11-14(23)10-18(22)13-4-7-16(20)17(21)9-13/h2-7,9,14,18,23H,8,10-11H2,1H3/t14-,18+/m1/s1. The number of nitrogens with zero attached hydrogens (tertiary/aromatic N) is 1. The minimum Gasteiger partial charge on any atom is -0.497 e. The molecular weight excluding hydrogens is 328 g/mol. The van der Waals surface area contributed by atoms with E-state index in [2.05, 4.69) is 0 Å². The van der Waals surface area contributed by atoms with Gasteiger partial charge in [-0.05, 0) is 41.8 Å². The predicted octanol–water partition coefficient (Wildman–Crippen LogP) is 2.85. The van der Waals surface area contributed by atoms with Crippen molar-refractivity contribution in [3.8, 4) is 5.75 Å². The largest absolute Gasteiger partial charge is 0.497 e. The number of benzene rings is 2. The van der Waals surface area contributed by atoms with Crippen molar-refractivity contribution in [1.82, 2.24) is 4.90 Å². The zero-order valence-corrected chi connectivity index (χ0v) is 13.8. The van der Waals surface area contributed by atoms with E-state index in [1.165, 1.54) is 11.0 Å². The lowest BCUT2D eigenvalue weighted by Crippen LogP contribution is -2.33. The molecule has 0 bridgehead atoms. The number of amides is 1. The van der Waals surface area contributed by atoms with Crippen molar-refractivity contribution in [2.75, 3.05) is 13.7 Å². The molecule has 0 aliphatic carbocycles. The first-order chi connectivity index (χ1) is 12.0. The number of aliphatic hydroxyl groups is 1. The SMILES string of the molecule is COc1ccc(CC(=O)N2C[C@H](O)C[C@H]2c2ccc(F)c(F)c2)cc1. The molecule has 2 aromatic rings. The van der Waals surface area contributed by atoms with E-state index < -0.39 is 23.8 Å². The number of hydrogen-bond acceptors (Lipinski definition) is 3. The van der Waals surface area contributed by atoms with Gasteiger partial charge in [0.2, 0.25) is 5.91 Å². The van der Waals surface area contributed by atoms with Crippen LogP contribution >= 0.6 is 0 Å². The summed E-state index contributed by atoms with van der Waals surface area (Å²) < 4.78 is 31.8. The summed E-state index contributed by atoms with van der Waals surface area (Å²) >= 11 is 0. The highest BCUT2D eigenvalue weighted by atomic mass is 19.2. The summed E-state index contributed by atoms with van der Waals surface area (Å²) in [5.41, 5.74) is 1.30. The monoisotopic (exact) mass is 347 g/mol. The maximum atomic E-state index is 13.5. The van der Waals surface area contributed by atoms with Gasteiger partial charge in [-0.2, -0.15) is 0 Å². The van der Waals surface area contributed by atoms with Crippen molar-refractivity contribution in [2.24, 2.45) is 0 Å². The van der Waals surface area contributed by atoms with Crippen molar-refractivity contribution >= 4 is 5.91 Å². The smallest absolute Gasteiger partial charge is 0.227 e. The number of halogens is 2. The van der Waals surface area contributed by atoms with Crippen LogP contribution in [0.2, 0.25) is 0 Å². The number of rotatable bonds is 4. The average molecular weight is 347 g/mol. The van der Waals surface area contributed by atoms with Gasteiger partial charge < -0.3 is 14.7 Å². The summed E-state index contributed by atoms with van der Waals surface area (Å²) in [5, 5.41) is 9.96. The van der Waals surface area contributed by atoms with Crippen LogP contribution in [0.3, 0.4) is 0 Å². The molecule has 1 N–H and O–H groups in total. The summed E-state index contributed by atoms with van der Waals surface area (Å²) in [6.45, 7) is 0.179. The number of likely N-dealkylation sites (tertiary alicyclic amines) is 1. The molecule has 1 saturated heterocycles. The summed E-state index contributed by atoms with van der Waals surface area (Å²) in [5.74, 6) is -1.36. The predicted molar refractivity (Wildman–Crippen MR) is 88.1 cm³/mol. The van der Waals surface area contributed by atoms with E-state index in [-0.39, 0.29) is 18.9 Å². The van der Waals surface area contributed by atoms with E-state index >= 15 is 0 Å². The quantitative estimate of drug-likeness (QED) is 0.925. The van der Waals surface area contributed by atoms with E-state index in [0.717, 1.165) is 17.7 Å². The van der Waals surface area contributed by atoms with Crippen LogP contribution in [0.5, 0.6) is 5.75 Å². The van der Waals surface area contributed by atoms with Gasteiger partial charge in [-0.25, -0.2) is 8.78 Å². The molecule has 132 valence electrons. The molecule has 0 spiro atoms. The molecule has 4 nitrogen and oxygen atoms in total. The lowest BCUT2D eigenvalue weighted by molar-refractivity contribution is -0.131. The fourth-order valence-corrected chi connectivity index (χ4v) is 3.14. The van der Waals surface area contributed by atoms with Gasteiger partial charge in [0, 0.05) is 6.54 Å². The van der Waals surface area contributed by atoms with Crippen LogP contribution in [0.25, 0.3) is 0 Å². The van der Waals surface area contributed by atoms with Crippen molar-refractivity contribution in [2.45, 2.75) is 25.0 Å². The third-order valence-corrected chi connectivity index (χ3v) is 4.44. The highest BCUT2D eigenvalue weighted by Gasteiger charge is 2.35. The van der Waals surface area contributed by atoms with Crippen LogP contribution in [0, 0.1) is 11.6 Å². The Morgan fingerprint density at radius 2 is 1.92 bits per heavy atom. The van der Waals surface area contributed by atoms with E-state index in [9.17, 15) is 18.7 Å². The number of carbonyl (C=O) groups excluding carboxylic acids is 1. The van der Waals surface area contributed by atoms with Gasteiger partial charge in [0.1, 0.15) is 5.75 Å². The number of methoxy groups -OCH3 is 1. The topological polar surface area (TPSA) is 49.8 Å². The fourth-order valence-electron chi connectivity index (χ4n) is 3.14. The number of β-amino-alcohol motifs (C(OH)–C–C–N with tert-alkyl or cyclic N) is 1. The lowest BCUT2D eigenvalue weighted by atomic mass is 10.0. The molecule has 1 heterocycles. The second-order valence-electron chi connectivity index (χ2n) is 6.15. The fraction of sp³-hybridized carbons (Fsp3) is 0.316. The molecule has 1 aliphatic heterocycles. The van der Waals surface area contributed by atoms with Crippen LogP contribution in [-0.4, -0.2) is 35.7 Å². The normalized spacial score (nSPS) is 19.9. The highest BCUT2D eigenvalue weighted by Crippen LogP contribution is 2.33. The first kappa shape index (κ1) is 17.4. The van der Waals surface area contributed by atoms with Crippen molar-refractivity contribution in [3.63, 3.8) is 0 Å². The Balaban J connectivity index is 1.78. The Labute approximate surface area is 144 Å². The van der Waals surface area contributed by atoms with Crippen LogP contribution < -0.4 is 4.74 Å². The van der Waals surface area contributed by atoms with Gasteiger partial charge in [0.25, 0.3) is 0 Å². The van der Waals surface area contributed by atoms with E-state index in [4.69, 9.17) is 4.74 Å². The van der Waals surface area contributed by atoms with Gasteiger partial charge in [0.15, 0.2) is 11.6 Å². The molecule has 0 aromatic heterocycles. The van der Waals surface area contributed by atoms with Gasteiger partial charge in [-0.3, -0.25) is 4.79 Å². The second-order valence-corrected chi connectivity index (χ2v) is 6.15. The number of aliphatic hydroxyl groups excluding tert-OH is 1. The third kappa shape index (κ3) is 3.79. The van der Waals surface area contributed by atoms with Gasteiger partial charge >= 0.3 is 0 Å². The molecule has 6 heteroatoms.